The second-order valence-electron chi connectivity index (χ2n) is 6.62. The maximum atomic E-state index is 10.3. The Morgan fingerprint density at radius 2 is 2.00 bits per heavy atom. The number of halogens is 1. The van der Waals surface area contributed by atoms with Crippen LogP contribution >= 0.6 is 11.6 Å². The summed E-state index contributed by atoms with van der Waals surface area (Å²) in [4.78, 5) is 8.18. The molecule has 28 heavy (non-hydrogen) atoms. The van der Waals surface area contributed by atoms with Gasteiger partial charge in [-0.15, -0.1) is 0 Å². The Morgan fingerprint density at radius 3 is 2.68 bits per heavy atom. The number of nitrogen functional groups attached to an aromatic ring is 1. The van der Waals surface area contributed by atoms with E-state index in [0.29, 0.717) is 23.6 Å². The van der Waals surface area contributed by atoms with E-state index in [1.165, 1.54) is 0 Å². The normalized spacial score (nSPS) is 24.6. The molecule has 8 nitrogen and oxygen atoms in total. The van der Waals surface area contributed by atoms with Crippen LogP contribution in [0.4, 0.5) is 11.8 Å². The number of rotatable bonds is 6. The SMILES string of the molecule is COc1ccccc1/C=C/c1c(Cl)nc(N)nc1N[C@@H]1C[C@H](CO)[C@@H](O)[C@H]1O. The van der Waals surface area contributed by atoms with Crippen molar-refractivity contribution >= 4 is 35.5 Å². The van der Waals surface area contributed by atoms with E-state index in [9.17, 15) is 15.3 Å². The Kier molecular flexibility index (Phi) is 6.35. The molecule has 1 heterocycles. The molecule has 1 fully saturated rings. The molecule has 1 aromatic carbocycles. The molecule has 1 aromatic heterocycles. The van der Waals surface area contributed by atoms with E-state index in [4.69, 9.17) is 22.1 Å². The predicted molar refractivity (Wildman–Crippen MR) is 108 cm³/mol. The lowest BCUT2D eigenvalue weighted by Gasteiger charge is -2.20. The molecule has 0 saturated heterocycles. The maximum absolute atomic E-state index is 10.3. The van der Waals surface area contributed by atoms with Crippen LogP contribution in [0.5, 0.6) is 5.75 Å². The summed E-state index contributed by atoms with van der Waals surface area (Å²) in [5, 5.41) is 32.9. The van der Waals surface area contributed by atoms with Crippen LogP contribution in [-0.2, 0) is 0 Å². The molecule has 9 heteroatoms. The smallest absolute Gasteiger partial charge is 0.223 e. The van der Waals surface area contributed by atoms with Crippen LogP contribution < -0.4 is 15.8 Å². The number of methoxy groups -OCH3 is 1. The molecule has 150 valence electrons. The number of ether oxygens (including phenoxy) is 1. The topological polar surface area (TPSA) is 134 Å². The molecule has 1 aliphatic rings. The zero-order valence-corrected chi connectivity index (χ0v) is 16.0. The lowest BCUT2D eigenvalue weighted by atomic mass is 10.1. The zero-order chi connectivity index (χ0) is 20.3. The van der Waals surface area contributed by atoms with Crippen molar-refractivity contribution in [3.05, 3.63) is 40.5 Å². The summed E-state index contributed by atoms with van der Waals surface area (Å²) in [6, 6.07) is 6.96. The summed E-state index contributed by atoms with van der Waals surface area (Å²) in [5.74, 6) is 0.586. The van der Waals surface area contributed by atoms with Gasteiger partial charge in [0.1, 0.15) is 22.8 Å². The van der Waals surface area contributed by atoms with Crippen molar-refractivity contribution in [3.8, 4) is 5.75 Å². The first-order valence-corrected chi connectivity index (χ1v) is 9.20. The summed E-state index contributed by atoms with van der Waals surface area (Å²) in [6.45, 7) is -0.219. The van der Waals surface area contributed by atoms with E-state index < -0.39 is 24.2 Å². The Morgan fingerprint density at radius 1 is 1.25 bits per heavy atom. The minimum Gasteiger partial charge on any atom is -0.496 e. The second kappa shape index (κ2) is 8.74. The predicted octanol–water partition coefficient (Wildman–Crippen LogP) is 1.41. The molecule has 4 atom stereocenters. The molecule has 6 N–H and O–H groups in total. The van der Waals surface area contributed by atoms with Gasteiger partial charge in [0.15, 0.2) is 0 Å². The van der Waals surface area contributed by atoms with Gasteiger partial charge in [-0.25, -0.2) is 4.98 Å². The van der Waals surface area contributed by atoms with Crippen LogP contribution in [0.2, 0.25) is 5.15 Å². The van der Waals surface area contributed by atoms with Gasteiger partial charge in [0, 0.05) is 18.1 Å². The standard InChI is InChI=1S/C19H23ClN4O4/c1-28-14-5-3-2-4-10(14)6-7-12-17(20)23-19(21)24-18(12)22-13-8-11(9-25)15(26)16(13)27/h2-7,11,13,15-16,25-27H,8-9H2,1H3,(H3,21,22,23,24)/b7-6+/t11-,13-,15-,16+/m1/s1. The number of para-hydroxylation sites is 1. The summed E-state index contributed by atoms with van der Waals surface area (Å²) < 4.78 is 5.34. The minimum atomic E-state index is -1.06. The fraction of sp³-hybridized carbons (Fsp3) is 0.368. The van der Waals surface area contributed by atoms with Gasteiger partial charge in [0.2, 0.25) is 5.95 Å². The van der Waals surface area contributed by atoms with Gasteiger partial charge >= 0.3 is 0 Å². The van der Waals surface area contributed by atoms with Crippen molar-refractivity contribution in [1.29, 1.82) is 0 Å². The molecule has 3 rings (SSSR count). The van der Waals surface area contributed by atoms with Crippen LogP contribution in [0.1, 0.15) is 17.5 Å². The third kappa shape index (κ3) is 4.20. The van der Waals surface area contributed by atoms with E-state index in [-0.39, 0.29) is 17.7 Å². The number of aromatic nitrogens is 2. The number of benzene rings is 1. The third-order valence-electron chi connectivity index (χ3n) is 4.84. The van der Waals surface area contributed by atoms with E-state index in [2.05, 4.69) is 15.3 Å². The molecule has 0 unspecified atom stereocenters. The molecule has 1 aliphatic carbocycles. The number of anilines is 2. The van der Waals surface area contributed by atoms with Crippen molar-refractivity contribution in [3.63, 3.8) is 0 Å². The molecule has 1 saturated carbocycles. The number of hydrogen-bond acceptors (Lipinski definition) is 8. The highest BCUT2D eigenvalue weighted by Crippen LogP contribution is 2.32. The number of aliphatic hydroxyl groups excluding tert-OH is 3. The first kappa shape index (κ1) is 20.3. The fourth-order valence-corrected chi connectivity index (χ4v) is 3.56. The van der Waals surface area contributed by atoms with Gasteiger partial charge in [-0.3, -0.25) is 0 Å². The lowest BCUT2D eigenvalue weighted by Crippen LogP contribution is -2.35. The second-order valence-corrected chi connectivity index (χ2v) is 6.98. The Labute approximate surface area is 167 Å². The zero-order valence-electron chi connectivity index (χ0n) is 15.3. The first-order valence-electron chi connectivity index (χ1n) is 8.82. The lowest BCUT2D eigenvalue weighted by molar-refractivity contribution is 0.00445. The summed E-state index contributed by atoms with van der Waals surface area (Å²) >= 11 is 6.28. The average Bonchev–Trinajstić information content (AvgIpc) is 2.95. The highest BCUT2D eigenvalue weighted by molar-refractivity contribution is 6.31. The van der Waals surface area contributed by atoms with Gasteiger partial charge in [0.25, 0.3) is 0 Å². The summed E-state index contributed by atoms with van der Waals surface area (Å²) in [6.07, 6.45) is 1.82. The molecule has 0 bridgehead atoms. The molecule has 0 radical (unpaired) electrons. The monoisotopic (exact) mass is 406 g/mol. The first-order chi connectivity index (χ1) is 13.4. The average molecular weight is 407 g/mol. The maximum Gasteiger partial charge on any atom is 0.223 e. The number of nitrogens with two attached hydrogens (primary N) is 1. The van der Waals surface area contributed by atoms with Crippen LogP contribution in [0, 0.1) is 5.92 Å². The van der Waals surface area contributed by atoms with E-state index in [0.717, 1.165) is 5.56 Å². The third-order valence-corrected chi connectivity index (χ3v) is 5.13. The van der Waals surface area contributed by atoms with Gasteiger partial charge in [0.05, 0.1) is 24.8 Å². The van der Waals surface area contributed by atoms with Gasteiger partial charge in [-0.2, -0.15) is 4.98 Å². The van der Waals surface area contributed by atoms with E-state index in [1.54, 1.807) is 19.3 Å². The van der Waals surface area contributed by atoms with Gasteiger partial charge in [-0.1, -0.05) is 35.9 Å². The molecular weight excluding hydrogens is 384 g/mol. The minimum absolute atomic E-state index is 0.0197. The van der Waals surface area contributed by atoms with Crippen LogP contribution in [0.15, 0.2) is 24.3 Å². The van der Waals surface area contributed by atoms with Crippen LogP contribution in [0.25, 0.3) is 12.2 Å². The highest BCUT2D eigenvalue weighted by Gasteiger charge is 2.41. The Balaban J connectivity index is 1.91. The fourth-order valence-electron chi connectivity index (χ4n) is 3.32. The van der Waals surface area contributed by atoms with Gasteiger partial charge < -0.3 is 31.1 Å². The highest BCUT2D eigenvalue weighted by atomic mass is 35.5. The number of aliphatic hydroxyl groups is 3. The number of nitrogens with one attached hydrogen (secondary N) is 1. The van der Waals surface area contributed by atoms with E-state index >= 15 is 0 Å². The largest absolute Gasteiger partial charge is 0.496 e. The number of hydrogen-bond donors (Lipinski definition) is 5. The van der Waals surface area contributed by atoms with Crippen molar-refractivity contribution in [1.82, 2.24) is 9.97 Å². The molecule has 0 amide bonds. The molecule has 0 spiro atoms. The molecular formula is C19H23ClN4O4. The van der Waals surface area contributed by atoms with Crippen molar-refractivity contribution in [2.75, 3.05) is 24.8 Å². The summed E-state index contributed by atoms with van der Waals surface area (Å²) in [5.41, 5.74) is 7.04. The van der Waals surface area contributed by atoms with Crippen LogP contribution in [0.3, 0.4) is 0 Å². The Hall–Kier alpha value is -2.39. The van der Waals surface area contributed by atoms with Crippen molar-refractivity contribution in [2.24, 2.45) is 5.92 Å². The summed E-state index contributed by atoms with van der Waals surface area (Å²) in [7, 11) is 1.59. The molecule has 0 aliphatic heterocycles. The van der Waals surface area contributed by atoms with Crippen molar-refractivity contribution in [2.45, 2.75) is 24.7 Å². The quantitative estimate of drug-likeness (QED) is 0.454. The number of nitrogens with zero attached hydrogens (tertiary/aromatic N) is 2. The van der Waals surface area contributed by atoms with Gasteiger partial charge in [-0.05, 0) is 18.6 Å². The Bertz CT molecular complexity index is 864. The molecule has 2 aromatic rings. The van der Waals surface area contributed by atoms with Crippen molar-refractivity contribution < 1.29 is 20.1 Å². The van der Waals surface area contributed by atoms with E-state index in [1.807, 2.05) is 24.3 Å². The van der Waals surface area contributed by atoms with Crippen LogP contribution in [-0.4, -0.2) is 57.3 Å².